The van der Waals surface area contributed by atoms with Gasteiger partial charge in [-0.1, -0.05) is 24.3 Å². The Balaban J connectivity index is 1.76. The molecule has 0 atom stereocenters. The quantitative estimate of drug-likeness (QED) is 0.787. The van der Waals surface area contributed by atoms with Gasteiger partial charge in [-0.3, -0.25) is 4.79 Å². The van der Waals surface area contributed by atoms with Crippen LogP contribution in [0, 0.1) is 13.8 Å². The lowest BCUT2D eigenvalue weighted by atomic mass is 9.93. The van der Waals surface area contributed by atoms with Crippen LogP contribution in [0.4, 0.5) is 11.4 Å². The first-order chi connectivity index (χ1) is 12.0. The molecule has 4 nitrogen and oxygen atoms in total. The van der Waals surface area contributed by atoms with E-state index in [9.17, 15) is 9.90 Å². The summed E-state index contributed by atoms with van der Waals surface area (Å²) in [4.78, 5) is 12.7. The van der Waals surface area contributed by atoms with Crippen LogP contribution in [0.1, 0.15) is 47.2 Å². The second kappa shape index (κ2) is 7.70. The molecule has 3 rings (SSSR count). The highest BCUT2D eigenvalue weighted by Gasteiger charge is 2.22. The number of hydrogen-bond acceptors (Lipinski definition) is 3. The first kappa shape index (κ1) is 17.5. The van der Waals surface area contributed by atoms with E-state index in [1.165, 1.54) is 11.1 Å². The Bertz CT molecular complexity index is 749. The Morgan fingerprint density at radius 2 is 1.64 bits per heavy atom. The minimum atomic E-state index is -0.216. The van der Waals surface area contributed by atoms with Gasteiger partial charge in [-0.05, 0) is 68.9 Å². The molecular weight excluding hydrogens is 312 g/mol. The summed E-state index contributed by atoms with van der Waals surface area (Å²) in [7, 11) is 0. The molecule has 0 aliphatic heterocycles. The second-order valence-corrected chi connectivity index (χ2v) is 6.90. The number of para-hydroxylation sites is 1. The molecule has 132 valence electrons. The minimum absolute atomic E-state index is 0.0604. The van der Waals surface area contributed by atoms with Gasteiger partial charge in [-0.15, -0.1) is 0 Å². The molecule has 1 fully saturated rings. The Labute approximate surface area is 149 Å². The molecule has 0 unspecified atom stereocenters. The highest BCUT2D eigenvalue weighted by atomic mass is 16.3. The Hall–Kier alpha value is -2.33. The molecule has 4 heteroatoms. The fourth-order valence-corrected chi connectivity index (χ4v) is 3.31. The summed E-state index contributed by atoms with van der Waals surface area (Å²) in [6, 6.07) is 13.9. The van der Waals surface area contributed by atoms with E-state index >= 15 is 0 Å². The number of carbonyl (C=O) groups is 1. The van der Waals surface area contributed by atoms with Crippen LogP contribution in [-0.2, 0) is 0 Å². The topological polar surface area (TPSA) is 61.4 Å². The molecular formula is C21H26N2O2. The summed E-state index contributed by atoms with van der Waals surface area (Å²) in [6.45, 7) is 4.16. The number of benzene rings is 2. The molecule has 1 aliphatic rings. The average molecular weight is 338 g/mol. The smallest absolute Gasteiger partial charge is 0.253 e. The van der Waals surface area contributed by atoms with Crippen LogP contribution >= 0.6 is 0 Å². The highest BCUT2D eigenvalue weighted by molar-refractivity contribution is 6.00. The van der Waals surface area contributed by atoms with E-state index in [-0.39, 0.29) is 18.1 Å². The number of rotatable bonds is 4. The molecule has 0 spiro atoms. The van der Waals surface area contributed by atoms with Gasteiger partial charge in [0.2, 0.25) is 0 Å². The Morgan fingerprint density at radius 3 is 2.40 bits per heavy atom. The molecule has 0 heterocycles. The van der Waals surface area contributed by atoms with Gasteiger partial charge in [-0.2, -0.15) is 0 Å². The summed E-state index contributed by atoms with van der Waals surface area (Å²) >= 11 is 0. The number of nitrogens with one attached hydrogen (secondary N) is 2. The summed E-state index contributed by atoms with van der Waals surface area (Å²) in [6.07, 6.45) is 2.96. The number of aryl methyl sites for hydroxylation is 1. The third-order valence-electron chi connectivity index (χ3n) is 5.08. The zero-order valence-electron chi connectivity index (χ0n) is 14.9. The summed E-state index contributed by atoms with van der Waals surface area (Å²) in [5.74, 6) is -0.0604. The summed E-state index contributed by atoms with van der Waals surface area (Å²) < 4.78 is 0. The van der Waals surface area contributed by atoms with Crippen molar-refractivity contribution in [3.63, 3.8) is 0 Å². The lowest BCUT2D eigenvalue weighted by Crippen LogP contribution is -2.38. The van der Waals surface area contributed by atoms with Crippen molar-refractivity contribution < 1.29 is 9.90 Å². The second-order valence-electron chi connectivity index (χ2n) is 6.90. The minimum Gasteiger partial charge on any atom is -0.393 e. The van der Waals surface area contributed by atoms with Crippen LogP contribution < -0.4 is 10.6 Å². The lowest BCUT2D eigenvalue weighted by molar-refractivity contribution is 0.0868. The molecule has 1 saturated carbocycles. The number of aliphatic hydroxyl groups is 1. The van der Waals surface area contributed by atoms with Crippen LogP contribution in [0.2, 0.25) is 0 Å². The van der Waals surface area contributed by atoms with Crippen molar-refractivity contribution in [3.05, 3.63) is 59.2 Å². The van der Waals surface area contributed by atoms with Crippen molar-refractivity contribution >= 4 is 17.3 Å². The van der Waals surface area contributed by atoms with Crippen molar-refractivity contribution in [2.24, 2.45) is 0 Å². The van der Waals surface area contributed by atoms with E-state index in [2.05, 4.69) is 30.5 Å². The highest BCUT2D eigenvalue weighted by Crippen LogP contribution is 2.26. The van der Waals surface area contributed by atoms with Crippen molar-refractivity contribution in [2.45, 2.75) is 51.7 Å². The third-order valence-corrected chi connectivity index (χ3v) is 5.08. The van der Waals surface area contributed by atoms with Gasteiger partial charge in [0.1, 0.15) is 0 Å². The molecule has 0 bridgehead atoms. The fourth-order valence-electron chi connectivity index (χ4n) is 3.31. The van der Waals surface area contributed by atoms with Crippen LogP contribution in [-0.4, -0.2) is 23.2 Å². The molecule has 0 aromatic heterocycles. The van der Waals surface area contributed by atoms with Gasteiger partial charge in [0.05, 0.1) is 17.4 Å². The zero-order chi connectivity index (χ0) is 17.8. The predicted octanol–water partition coefficient (Wildman–Crippen LogP) is 4.08. The summed E-state index contributed by atoms with van der Waals surface area (Å²) in [5, 5.41) is 16.1. The third kappa shape index (κ3) is 4.20. The van der Waals surface area contributed by atoms with Gasteiger partial charge >= 0.3 is 0 Å². The van der Waals surface area contributed by atoms with Crippen molar-refractivity contribution in [3.8, 4) is 0 Å². The molecule has 2 aromatic carbocycles. The van der Waals surface area contributed by atoms with Gasteiger partial charge in [0, 0.05) is 11.7 Å². The van der Waals surface area contributed by atoms with Crippen LogP contribution in [0.5, 0.6) is 0 Å². The molecule has 0 saturated heterocycles. The van der Waals surface area contributed by atoms with Gasteiger partial charge in [0.25, 0.3) is 5.91 Å². The van der Waals surface area contributed by atoms with E-state index < -0.39 is 0 Å². The average Bonchev–Trinajstić information content (AvgIpc) is 2.61. The predicted molar refractivity (Wildman–Crippen MR) is 101 cm³/mol. The fraction of sp³-hybridized carbons (Fsp3) is 0.381. The van der Waals surface area contributed by atoms with Gasteiger partial charge in [0.15, 0.2) is 0 Å². The van der Waals surface area contributed by atoms with E-state index in [4.69, 9.17) is 0 Å². The molecule has 2 aromatic rings. The van der Waals surface area contributed by atoms with Crippen LogP contribution in [0.25, 0.3) is 0 Å². The van der Waals surface area contributed by atoms with Gasteiger partial charge < -0.3 is 15.7 Å². The number of carbonyl (C=O) groups excluding carboxylic acids is 1. The zero-order valence-corrected chi connectivity index (χ0v) is 14.9. The first-order valence-electron chi connectivity index (χ1n) is 8.96. The van der Waals surface area contributed by atoms with E-state index in [1.807, 2.05) is 36.4 Å². The molecule has 0 radical (unpaired) electrons. The van der Waals surface area contributed by atoms with E-state index in [0.29, 0.717) is 5.56 Å². The normalized spacial score (nSPS) is 20.1. The van der Waals surface area contributed by atoms with Crippen molar-refractivity contribution in [1.29, 1.82) is 0 Å². The molecule has 3 N–H and O–H groups in total. The Kier molecular flexibility index (Phi) is 5.39. The number of amides is 1. The van der Waals surface area contributed by atoms with Crippen molar-refractivity contribution in [2.75, 3.05) is 5.32 Å². The number of aliphatic hydroxyl groups excluding tert-OH is 1. The number of hydrogen-bond donors (Lipinski definition) is 3. The first-order valence-corrected chi connectivity index (χ1v) is 8.96. The molecule has 25 heavy (non-hydrogen) atoms. The monoisotopic (exact) mass is 338 g/mol. The maximum atomic E-state index is 12.7. The standard InChI is InChI=1S/C21H26N2O2/c1-14-6-5-9-19(15(14)2)23-20-8-4-3-7-18(20)21(25)22-16-10-12-17(24)13-11-16/h3-9,16-17,23-24H,10-13H2,1-2H3,(H,22,25). The van der Waals surface area contributed by atoms with Crippen molar-refractivity contribution in [1.82, 2.24) is 5.32 Å². The number of anilines is 2. The Morgan fingerprint density at radius 1 is 0.960 bits per heavy atom. The maximum Gasteiger partial charge on any atom is 0.253 e. The molecule has 1 aliphatic carbocycles. The van der Waals surface area contributed by atoms with E-state index in [0.717, 1.165) is 37.1 Å². The summed E-state index contributed by atoms with van der Waals surface area (Å²) in [5.41, 5.74) is 4.87. The largest absolute Gasteiger partial charge is 0.393 e. The van der Waals surface area contributed by atoms with Crippen LogP contribution in [0.3, 0.4) is 0 Å². The SMILES string of the molecule is Cc1cccc(Nc2ccccc2C(=O)NC2CCC(O)CC2)c1C. The lowest BCUT2D eigenvalue weighted by Gasteiger charge is -2.26. The van der Waals surface area contributed by atoms with Gasteiger partial charge in [-0.25, -0.2) is 0 Å². The van der Waals surface area contributed by atoms with Crippen LogP contribution in [0.15, 0.2) is 42.5 Å². The van der Waals surface area contributed by atoms with E-state index in [1.54, 1.807) is 0 Å². The molecule has 1 amide bonds. The maximum absolute atomic E-state index is 12.7.